The van der Waals surface area contributed by atoms with Gasteiger partial charge in [0.1, 0.15) is 5.75 Å². The summed E-state index contributed by atoms with van der Waals surface area (Å²) in [6.45, 7) is 0. The predicted octanol–water partition coefficient (Wildman–Crippen LogP) is 4.25. The maximum atomic E-state index is 8.87. The van der Waals surface area contributed by atoms with Gasteiger partial charge in [-0.15, -0.1) is 0 Å². The van der Waals surface area contributed by atoms with Crippen molar-refractivity contribution < 1.29 is 9.94 Å². The van der Waals surface area contributed by atoms with Gasteiger partial charge < -0.3 is 15.7 Å². The highest BCUT2D eigenvalue weighted by atomic mass is 35.5. The molecule has 0 fully saturated rings. The van der Waals surface area contributed by atoms with E-state index in [1.165, 1.54) is 11.8 Å². The number of hydrogen-bond acceptors (Lipinski definition) is 4. The van der Waals surface area contributed by atoms with Crippen LogP contribution in [0.2, 0.25) is 10.0 Å². The van der Waals surface area contributed by atoms with E-state index in [0.717, 1.165) is 9.79 Å². The van der Waals surface area contributed by atoms with Crippen molar-refractivity contribution in [3.63, 3.8) is 0 Å². The zero-order valence-corrected chi connectivity index (χ0v) is 13.3. The molecule has 2 rings (SSSR count). The first-order chi connectivity index (χ1) is 10.0. The first-order valence-corrected chi connectivity index (χ1v) is 7.41. The summed E-state index contributed by atoms with van der Waals surface area (Å²) in [6, 6.07) is 10.6. The highest BCUT2D eigenvalue weighted by Gasteiger charge is 2.11. The number of ether oxygens (including phenoxy) is 1. The van der Waals surface area contributed by atoms with Crippen LogP contribution in [0, 0.1) is 0 Å². The summed E-state index contributed by atoms with van der Waals surface area (Å²) in [5, 5.41) is 12.9. The highest BCUT2D eigenvalue weighted by Crippen LogP contribution is 2.35. The van der Waals surface area contributed by atoms with Gasteiger partial charge in [-0.05, 0) is 36.4 Å². The lowest BCUT2D eigenvalue weighted by molar-refractivity contribution is 0.318. The van der Waals surface area contributed by atoms with E-state index in [1.54, 1.807) is 37.4 Å². The van der Waals surface area contributed by atoms with Gasteiger partial charge in [-0.1, -0.05) is 40.1 Å². The van der Waals surface area contributed by atoms with Crippen molar-refractivity contribution in [1.82, 2.24) is 0 Å². The van der Waals surface area contributed by atoms with Crippen molar-refractivity contribution in [2.24, 2.45) is 10.9 Å². The Morgan fingerprint density at radius 2 is 1.95 bits per heavy atom. The van der Waals surface area contributed by atoms with Crippen LogP contribution in [-0.4, -0.2) is 18.2 Å². The molecule has 0 spiro atoms. The fourth-order valence-electron chi connectivity index (χ4n) is 1.65. The van der Waals surface area contributed by atoms with Gasteiger partial charge in [0.05, 0.1) is 17.2 Å². The van der Waals surface area contributed by atoms with E-state index in [4.69, 9.17) is 38.9 Å². The molecule has 3 N–H and O–H groups in total. The molecule has 4 nitrogen and oxygen atoms in total. The number of oxime groups is 1. The minimum atomic E-state index is 0.0280. The lowest BCUT2D eigenvalue weighted by Crippen LogP contribution is -2.14. The second-order valence-corrected chi connectivity index (χ2v) is 5.96. The molecular formula is C14H12Cl2N2O2S. The van der Waals surface area contributed by atoms with Gasteiger partial charge >= 0.3 is 0 Å². The van der Waals surface area contributed by atoms with Crippen molar-refractivity contribution in [3.05, 3.63) is 52.0 Å². The Hall–Kier alpha value is -1.56. The molecule has 110 valence electrons. The van der Waals surface area contributed by atoms with Gasteiger partial charge in [0.2, 0.25) is 0 Å². The van der Waals surface area contributed by atoms with E-state index >= 15 is 0 Å². The Balaban J connectivity index is 2.43. The summed E-state index contributed by atoms with van der Waals surface area (Å²) in [5.41, 5.74) is 6.30. The molecule has 0 atom stereocenters. The average molecular weight is 343 g/mol. The molecule has 0 aliphatic rings. The monoisotopic (exact) mass is 342 g/mol. The Morgan fingerprint density at radius 3 is 2.57 bits per heavy atom. The van der Waals surface area contributed by atoms with Crippen LogP contribution >= 0.6 is 35.0 Å². The van der Waals surface area contributed by atoms with Crippen molar-refractivity contribution in [2.75, 3.05) is 7.11 Å². The molecule has 0 amide bonds. The second kappa shape index (κ2) is 6.93. The molecule has 0 aliphatic carbocycles. The number of halogens is 2. The Morgan fingerprint density at radius 1 is 1.19 bits per heavy atom. The smallest absolute Gasteiger partial charge is 0.171 e. The molecule has 0 radical (unpaired) electrons. The fraction of sp³-hybridized carbons (Fsp3) is 0.0714. The first-order valence-electron chi connectivity index (χ1n) is 5.84. The second-order valence-electron chi connectivity index (χ2n) is 4.03. The lowest BCUT2D eigenvalue weighted by Gasteiger charge is -2.10. The largest absolute Gasteiger partial charge is 0.497 e. The molecule has 21 heavy (non-hydrogen) atoms. The number of amidine groups is 1. The van der Waals surface area contributed by atoms with Crippen molar-refractivity contribution in [3.8, 4) is 5.75 Å². The number of methoxy groups -OCH3 is 1. The molecule has 0 bridgehead atoms. The van der Waals surface area contributed by atoms with Crippen LogP contribution < -0.4 is 10.5 Å². The SMILES string of the molecule is COc1ccc(/C(N)=N/O)c(Sc2ccc(Cl)c(Cl)c2)c1. The Labute approximate surface area is 136 Å². The van der Waals surface area contributed by atoms with Gasteiger partial charge in [-0.25, -0.2) is 0 Å². The van der Waals surface area contributed by atoms with Crippen LogP contribution in [0.1, 0.15) is 5.56 Å². The van der Waals surface area contributed by atoms with Gasteiger partial charge in [-0.2, -0.15) is 0 Å². The molecule has 0 aliphatic heterocycles. The van der Waals surface area contributed by atoms with Crippen LogP contribution in [0.15, 0.2) is 51.3 Å². The normalized spacial score (nSPS) is 11.5. The molecular weight excluding hydrogens is 331 g/mol. The molecule has 7 heteroatoms. The zero-order valence-electron chi connectivity index (χ0n) is 11.0. The minimum absolute atomic E-state index is 0.0280. The molecule has 0 saturated carbocycles. The standard InChI is InChI=1S/C14H12Cl2N2O2S/c1-20-8-2-4-10(14(17)18-19)13(6-8)21-9-3-5-11(15)12(16)7-9/h2-7,19H,1H3,(H2,17,18). The number of benzene rings is 2. The van der Waals surface area contributed by atoms with Gasteiger partial charge in [-0.3, -0.25) is 0 Å². The highest BCUT2D eigenvalue weighted by molar-refractivity contribution is 7.99. The molecule has 0 unspecified atom stereocenters. The Kier molecular flexibility index (Phi) is 5.22. The van der Waals surface area contributed by atoms with E-state index in [1.807, 2.05) is 6.07 Å². The number of nitrogens with two attached hydrogens (primary N) is 1. The third-order valence-electron chi connectivity index (χ3n) is 2.69. The summed E-state index contributed by atoms with van der Waals surface area (Å²) in [4.78, 5) is 1.66. The van der Waals surface area contributed by atoms with Gasteiger partial charge in [0.15, 0.2) is 5.84 Å². The molecule has 2 aromatic carbocycles. The van der Waals surface area contributed by atoms with Crippen LogP contribution in [0.25, 0.3) is 0 Å². The van der Waals surface area contributed by atoms with Crippen LogP contribution in [-0.2, 0) is 0 Å². The van der Waals surface area contributed by atoms with Crippen LogP contribution in [0.4, 0.5) is 0 Å². The van der Waals surface area contributed by atoms with Gasteiger partial charge in [0, 0.05) is 15.4 Å². The van der Waals surface area contributed by atoms with E-state index in [-0.39, 0.29) is 5.84 Å². The molecule has 0 aromatic heterocycles. The Bertz CT molecular complexity index is 693. The number of rotatable bonds is 4. The lowest BCUT2D eigenvalue weighted by atomic mass is 10.2. The van der Waals surface area contributed by atoms with E-state index in [0.29, 0.717) is 21.4 Å². The van der Waals surface area contributed by atoms with E-state index in [2.05, 4.69) is 5.16 Å². The summed E-state index contributed by atoms with van der Waals surface area (Å²) < 4.78 is 5.20. The predicted molar refractivity (Wildman–Crippen MR) is 86.1 cm³/mol. The topological polar surface area (TPSA) is 67.8 Å². The molecule has 0 heterocycles. The first kappa shape index (κ1) is 15.8. The fourth-order valence-corrected chi connectivity index (χ4v) is 3.03. The summed E-state index contributed by atoms with van der Waals surface area (Å²) in [7, 11) is 1.58. The quantitative estimate of drug-likeness (QED) is 0.377. The third-order valence-corrected chi connectivity index (χ3v) is 4.48. The maximum Gasteiger partial charge on any atom is 0.171 e. The van der Waals surface area contributed by atoms with E-state index in [9.17, 15) is 0 Å². The van der Waals surface area contributed by atoms with Gasteiger partial charge in [0.25, 0.3) is 0 Å². The molecule has 0 saturated heterocycles. The van der Waals surface area contributed by atoms with Crippen LogP contribution in [0.5, 0.6) is 5.75 Å². The minimum Gasteiger partial charge on any atom is -0.497 e. The summed E-state index contributed by atoms with van der Waals surface area (Å²) in [6.07, 6.45) is 0. The average Bonchev–Trinajstić information content (AvgIpc) is 2.50. The van der Waals surface area contributed by atoms with Crippen molar-refractivity contribution in [2.45, 2.75) is 9.79 Å². The van der Waals surface area contributed by atoms with E-state index < -0.39 is 0 Å². The number of nitrogens with zero attached hydrogens (tertiary/aromatic N) is 1. The third kappa shape index (κ3) is 3.75. The van der Waals surface area contributed by atoms with Crippen LogP contribution in [0.3, 0.4) is 0 Å². The number of hydrogen-bond donors (Lipinski definition) is 2. The van der Waals surface area contributed by atoms with Crippen molar-refractivity contribution >= 4 is 40.8 Å². The maximum absolute atomic E-state index is 8.87. The zero-order chi connectivity index (χ0) is 15.4. The summed E-state index contributed by atoms with van der Waals surface area (Å²) >= 11 is 13.3. The summed E-state index contributed by atoms with van der Waals surface area (Å²) in [5.74, 6) is 0.701. The molecule has 2 aromatic rings. The van der Waals surface area contributed by atoms with Crippen molar-refractivity contribution in [1.29, 1.82) is 0 Å².